The summed E-state index contributed by atoms with van der Waals surface area (Å²) in [4.78, 5) is 44.0. The maximum absolute atomic E-state index is 12.7. The van der Waals surface area contributed by atoms with Crippen molar-refractivity contribution < 1.29 is 24.2 Å². The molecule has 172 valence electrons. The molecule has 2 aromatic rings. The van der Waals surface area contributed by atoms with E-state index in [4.69, 9.17) is 21.1 Å². The van der Waals surface area contributed by atoms with E-state index >= 15 is 0 Å². The molecule has 1 aliphatic carbocycles. The fraction of sp³-hybridized carbons (Fsp3) is 0.455. The number of nitrogens with one attached hydrogen (secondary N) is 2. The van der Waals surface area contributed by atoms with E-state index in [1.807, 2.05) is 30.3 Å². The van der Waals surface area contributed by atoms with Gasteiger partial charge in [0.2, 0.25) is 5.75 Å². The van der Waals surface area contributed by atoms with Crippen LogP contribution in [0.25, 0.3) is 0 Å². The van der Waals surface area contributed by atoms with Crippen LogP contribution in [0.4, 0.5) is 4.79 Å². The van der Waals surface area contributed by atoms with E-state index in [1.54, 1.807) is 6.92 Å². The highest BCUT2D eigenvalue weighted by Crippen LogP contribution is 2.39. The van der Waals surface area contributed by atoms with E-state index in [1.165, 1.54) is 0 Å². The van der Waals surface area contributed by atoms with Crippen molar-refractivity contribution in [2.75, 3.05) is 12.5 Å². The van der Waals surface area contributed by atoms with Crippen LogP contribution in [-0.4, -0.2) is 39.6 Å². The number of hydrogen-bond donors (Lipinski definition) is 3. The van der Waals surface area contributed by atoms with Crippen LogP contribution in [0.2, 0.25) is 0 Å². The zero-order valence-electron chi connectivity index (χ0n) is 17.7. The molecule has 1 fully saturated rings. The Labute approximate surface area is 190 Å². The van der Waals surface area contributed by atoms with Crippen molar-refractivity contribution in [3.05, 3.63) is 57.8 Å². The maximum atomic E-state index is 12.7. The third kappa shape index (κ3) is 5.40. The number of amides is 1. The summed E-state index contributed by atoms with van der Waals surface area (Å²) in [5, 5.41) is 12.9. The van der Waals surface area contributed by atoms with Crippen molar-refractivity contribution in [2.24, 2.45) is 5.92 Å². The average Bonchev–Trinajstić information content (AvgIpc) is 2.80. The Morgan fingerprint density at radius 3 is 2.75 bits per heavy atom. The number of aromatic nitrogens is 2. The minimum atomic E-state index is -1.13. The molecule has 0 radical (unpaired) electrons. The average molecular weight is 464 g/mol. The molecule has 2 atom stereocenters. The summed E-state index contributed by atoms with van der Waals surface area (Å²) in [5.41, 5.74) is -1.71. The predicted octanol–water partition coefficient (Wildman–Crippen LogP) is 3.20. The fourth-order valence-electron chi connectivity index (χ4n) is 3.90. The third-order valence-electron chi connectivity index (χ3n) is 5.44. The molecule has 3 rings (SSSR count). The lowest BCUT2D eigenvalue weighted by Crippen LogP contribution is -2.51. The van der Waals surface area contributed by atoms with Crippen LogP contribution < -0.4 is 10.9 Å². The lowest BCUT2D eigenvalue weighted by atomic mass is 9.75. The number of aromatic hydroxyl groups is 1. The number of benzene rings is 1. The number of halogens is 1. The van der Waals surface area contributed by atoms with Gasteiger partial charge in [0.05, 0.1) is 6.61 Å². The quantitative estimate of drug-likeness (QED) is 0.424. The Morgan fingerprint density at radius 1 is 1.31 bits per heavy atom. The van der Waals surface area contributed by atoms with Gasteiger partial charge in [-0.05, 0) is 37.7 Å². The molecule has 3 N–H and O–H groups in total. The molecule has 1 aromatic carbocycles. The summed E-state index contributed by atoms with van der Waals surface area (Å²) in [7, 11) is 0. The molecule has 1 aromatic heterocycles. The molecule has 0 bridgehead atoms. The second kappa shape index (κ2) is 10.5. The highest BCUT2D eigenvalue weighted by molar-refractivity contribution is 6.18. The number of carbonyl (C=O) groups excluding carboxylic acids is 2. The van der Waals surface area contributed by atoms with Crippen molar-refractivity contribution in [1.82, 2.24) is 15.3 Å². The number of hydrogen-bond acceptors (Lipinski definition) is 7. The van der Waals surface area contributed by atoms with Gasteiger partial charge in [-0.1, -0.05) is 36.8 Å². The van der Waals surface area contributed by atoms with Gasteiger partial charge >= 0.3 is 12.1 Å². The molecule has 2 unspecified atom stereocenters. The summed E-state index contributed by atoms with van der Waals surface area (Å²) in [6, 6.07) is 9.20. The number of alkyl carbamates (subject to hydrolysis) is 1. The summed E-state index contributed by atoms with van der Waals surface area (Å²) in [6.45, 7) is 1.71. The Kier molecular flexibility index (Phi) is 7.74. The summed E-state index contributed by atoms with van der Waals surface area (Å²) in [5.74, 6) is -1.31. The van der Waals surface area contributed by atoms with Gasteiger partial charge in [0.1, 0.15) is 18.0 Å². The van der Waals surface area contributed by atoms with Gasteiger partial charge < -0.3 is 24.9 Å². The molecular formula is C22H26ClN3O6. The van der Waals surface area contributed by atoms with Crippen molar-refractivity contribution in [3.8, 4) is 5.75 Å². The van der Waals surface area contributed by atoms with E-state index in [0.29, 0.717) is 25.1 Å². The van der Waals surface area contributed by atoms with E-state index in [2.05, 4.69) is 15.3 Å². The highest BCUT2D eigenvalue weighted by atomic mass is 35.5. The van der Waals surface area contributed by atoms with Crippen LogP contribution in [0.15, 0.2) is 35.1 Å². The Hall–Kier alpha value is -3.07. The molecule has 10 heteroatoms. The molecule has 0 spiro atoms. The predicted molar refractivity (Wildman–Crippen MR) is 117 cm³/mol. The van der Waals surface area contributed by atoms with E-state index in [9.17, 15) is 19.5 Å². The van der Waals surface area contributed by atoms with Gasteiger partial charge in [-0.3, -0.25) is 4.79 Å². The molecular weight excluding hydrogens is 438 g/mol. The van der Waals surface area contributed by atoms with Crippen LogP contribution >= 0.6 is 11.6 Å². The van der Waals surface area contributed by atoms with E-state index in [-0.39, 0.29) is 25.0 Å². The van der Waals surface area contributed by atoms with Gasteiger partial charge in [0.25, 0.3) is 5.56 Å². The minimum Gasteiger partial charge on any atom is -0.501 e. The van der Waals surface area contributed by atoms with Crippen LogP contribution in [0.3, 0.4) is 0 Å². The van der Waals surface area contributed by atoms with Gasteiger partial charge in [-0.2, -0.15) is 0 Å². The number of ether oxygens (including phenoxy) is 2. The highest BCUT2D eigenvalue weighted by Gasteiger charge is 2.42. The van der Waals surface area contributed by atoms with Crippen LogP contribution in [0.1, 0.15) is 54.5 Å². The molecule has 32 heavy (non-hydrogen) atoms. The van der Waals surface area contributed by atoms with Gasteiger partial charge in [-0.15, -0.1) is 11.6 Å². The largest absolute Gasteiger partial charge is 0.501 e. The first-order valence-corrected chi connectivity index (χ1v) is 11.0. The first kappa shape index (κ1) is 23.6. The van der Waals surface area contributed by atoms with Gasteiger partial charge in [0, 0.05) is 5.88 Å². The zero-order valence-corrected chi connectivity index (χ0v) is 18.5. The normalized spacial score (nSPS) is 20.4. The van der Waals surface area contributed by atoms with E-state index in [0.717, 1.165) is 12.0 Å². The minimum absolute atomic E-state index is 0.0463. The van der Waals surface area contributed by atoms with E-state index < -0.39 is 34.6 Å². The third-order valence-corrected chi connectivity index (χ3v) is 5.88. The number of rotatable bonds is 7. The smallest absolute Gasteiger partial charge is 0.408 e. The lowest BCUT2D eigenvalue weighted by molar-refractivity contribution is 0.0513. The first-order chi connectivity index (χ1) is 15.4. The van der Waals surface area contributed by atoms with Crippen molar-refractivity contribution >= 4 is 23.7 Å². The van der Waals surface area contributed by atoms with Crippen LogP contribution in [-0.2, 0) is 21.6 Å². The summed E-state index contributed by atoms with van der Waals surface area (Å²) < 4.78 is 10.3. The molecule has 1 aliphatic rings. The standard InChI is InChI=1S/C22H26ClN3O6/c1-2-31-19(29)16-17(27)18(28)25-20(24-16)22(10-6-9-15(11-22)12-23)26-21(30)32-13-14-7-4-3-5-8-14/h3-5,7-8,15,27H,2,6,9-13H2,1H3,(H,26,30)(H,24,25,28). The fourth-order valence-corrected chi connectivity index (χ4v) is 4.16. The Balaban J connectivity index is 1.92. The Bertz CT molecular complexity index is 1010. The monoisotopic (exact) mass is 463 g/mol. The summed E-state index contributed by atoms with van der Waals surface area (Å²) in [6.07, 6.45) is 1.68. The number of aromatic amines is 1. The topological polar surface area (TPSA) is 131 Å². The van der Waals surface area contributed by atoms with Gasteiger partial charge in [0.15, 0.2) is 5.69 Å². The summed E-state index contributed by atoms with van der Waals surface area (Å²) >= 11 is 6.10. The molecule has 1 saturated carbocycles. The van der Waals surface area contributed by atoms with Crippen molar-refractivity contribution in [1.29, 1.82) is 0 Å². The maximum Gasteiger partial charge on any atom is 0.408 e. The van der Waals surface area contributed by atoms with Crippen molar-refractivity contribution in [3.63, 3.8) is 0 Å². The SMILES string of the molecule is CCOC(=O)c1nc(C2(NC(=O)OCc3ccccc3)CCCC(CCl)C2)[nH]c(=O)c1O. The molecule has 0 saturated heterocycles. The van der Waals surface area contributed by atoms with Gasteiger partial charge in [-0.25, -0.2) is 14.6 Å². The number of carbonyl (C=O) groups is 2. The number of alkyl halides is 1. The van der Waals surface area contributed by atoms with Crippen molar-refractivity contribution in [2.45, 2.75) is 44.8 Å². The zero-order chi connectivity index (χ0) is 23.1. The number of nitrogens with zero attached hydrogens (tertiary/aromatic N) is 1. The number of esters is 1. The van der Waals surface area contributed by atoms with Crippen LogP contribution in [0.5, 0.6) is 5.75 Å². The Morgan fingerprint density at radius 2 is 2.06 bits per heavy atom. The molecule has 0 aliphatic heterocycles. The molecule has 1 amide bonds. The molecule has 1 heterocycles. The molecule has 9 nitrogen and oxygen atoms in total. The second-order valence-corrected chi connectivity index (χ2v) is 8.03. The second-order valence-electron chi connectivity index (χ2n) is 7.72. The number of H-pyrrole nitrogens is 1. The lowest BCUT2D eigenvalue weighted by Gasteiger charge is -2.39. The first-order valence-electron chi connectivity index (χ1n) is 10.4. The van der Waals surface area contributed by atoms with Crippen LogP contribution in [0, 0.1) is 5.92 Å².